The van der Waals surface area contributed by atoms with Crippen LogP contribution in [-0.2, 0) is 6.42 Å². The summed E-state index contributed by atoms with van der Waals surface area (Å²) in [7, 11) is 3.35. The lowest BCUT2D eigenvalue weighted by Gasteiger charge is -2.20. The number of halogens is 1. The van der Waals surface area contributed by atoms with Crippen LogP contribution in [0.25, 0.3) is 0 Å². The zero-order valence-electron chi connectivity index (χ0n) is 17.1. The van der Waals surface area contributed by atoms with E-state index in [2.05, 4.69) is 39.5 Å². The van der Waals surface area contributed by atoms with Crippen LogP contribution in [0.5, 0.6) is 11.5 Å². The molecule has 0 aliphatic carbocycles. The third kappa shape index (κ3) is 6.99. The summed E-state index contributed by atoms with van der Waals surface area (Å²) in [5.74, 6) is 2.63. The normalized spacial score (nSPS) is 16.3. The van der Waals surface area contributed by atoms with Crippen LogP contribution >= 0.6 is 24.0 Å². The van der Waals surface area contributed by atoms with E-state index in [-0.39, 0.29) is 24.0 Å². The van der Waals surface area contributed by atoms with Crippen LogP contribution in [0.1, 0.15) is 12.0 Å². The van der Waals surface area contributed by atoms with Gasteiger partial charge in [-0.15, -0.1) is 24.0 Å². The third-order valence-electron chi connectivity index (χ3n) is 5.07. The first-order valence-electron chi connectivity index (χ1n) is 9.73. The average Bonchev–Trinajstić information content (AvgIpc) is 3.22. The number of anilines is 1. The van der Waals surface area contributed by atoms with E-state index < -0.39 is 0 Å². The number of ether oxygens (including phenoxy) is 2. The summed E-state index contributed by atoms with van der Waals surface area (Å²) in [6.45, 7) is 3.48. The zero-order chi connectivity index (χ0) is 19.8. The van der Waals surface area contributed by atoms with Gasteiger partial charge in [-0.3, -0.25) is 4.99 Å². The molecule has 1 aliphatic heterocycles. The Bertz CT molecular complexity index is 763. The molecular weight excluding hydrogens is 479 g/mol. The molecule has 1 fully saturated rings. The molecular formula is C22H31IN4O2. The molecule has 0 aromatic heterocycles. The molecule has 1 saturated heterocycles. The number of guanidine groups is 1. The van der Waals surface area contributed by atoms with Crippen molar-refractivity contribution in [2.24, 2.45) is 16.6 Å². The molecule has 0 spiro atoms. The summed E-state index contributed by atoms with van der Waals surface area (Å²) in [6, 6.07) is 16.4. The van der Waals surface area contributed by atoms with Crippen molar-refractivity contribution in [3.8, 4) is 11.5 Å². The van der Waals surface area contributed by atoms with E-state index in [0.717, 1.165) is 56.2 Å². The Morgan fingerprint density at radius 3 is 2.48 bits per heavy atom. The van der Waals surface area contributed by atoms with Gasteiger partial charge < -0.3 is 25.4 Å². The van der Waals surface area contributed by atoms with Crippen LogP contribution in [0.3, 0.4) is 0 Å². The monoisotopic (exact) mass is 510 g/mol. The molecule has 0 saturated carbocycles. The van der Waals surface area contributed by atoms with Gasteiger partial charge in [-0.1, -0.05) is 30.3 Å². The maximum atomic E-state index is 6.03. The molecule has 158 valence electrons. The average molecular weight is 510 g/mol. The lowest BCUT2D eigenvalue weighted by molar-refractivity contribution is 0.394. The van der Waals surface area contributed by atoms with Gasteiger partial charge in [0.1, 0.15) is 11.5 Å². The van der Waals surface area contributed by atoms with Gasteiger partial charge >= 0.3 is 0 Å². The van der Waals surface area contributed by atoms with Crippen molar-refractivity contribution in [2.75, 3.05) is 45.3 Å². The van der Waals surface area contributed by atoms with E-state index in [4.69, 9.17) is 15.2 Å². The number of nitrogens with two attached hydrogens (primary N) is 1. The van der Waals surface area contributed by atoms with Crippen molar-refractivity contribution in [3.63, 3.8) is 0 Å². The minimum atomic E-state index is 0. The number of hydrogen-bond donors (Lipinski definition) is 2. The largest absolute Gasteiger partial charge is 0.497 e. The Morgan fingerprint density at radius 1 is 1.14 bits per heavy atom. The smallest absolute Gasteiger partial charge is 0.188 e. The van der Waals surface area contributed by atoms with Crippen LogP contribution in [0.4, 0.5) is 5.69 Å². The first-order valence-corrected chi connectivity index (χ1v) is 9.73. The SMILES string of the molecule is COc1cc(OC)cc(N2CCC(CN=C(N)NCCc3ccccc3)C2)c1.I. The fourth-order valence-electron chi connectivity index (χ4n) is 3.45. The maximum Gasteiger partial charge on any atom is 0.188 e. The van der Waals surface area contributed by atoms with Gasteiger partial charge in [-0.05, 0) is 24.3 Å². The van der Waals surface area contributed by atoms with Gasteiger partial charge in [0.05, 0.1) is 14.2 Å². The Morgan fingerprint density at radius 2 is 1.83 bits per heavy atom. The molecule has 0 bridgehead atoms. The lowest BCUT2D eigenvalue weighted by Crippen LogP contribution is -2.34. The van der Waals surface area contributed by atoms with E-state index >= 15 is 0 Å². The van der Waals surface area contributed by atoms with Crippen molar-refractivity contribution in [2.45, 2.75) is 12.8 Å². The van der Waals surface area contributed by atoms with Crippen molar-refractivity contribution in [1.29, 1.82) is 0 Å². The van der Waals surface area contributed by atoms with Crippen molar-refractivity contribution >= 4 is 35.6 Å². The second kappa shape index (κ2) is 11.7. The van der Waals surface area contributed by atoms with Crippen molar-refractivity contribution in [3.05, 3.63) is 54.1 Å². The quantitative estimate of drug-likeness (QED) is 0.324. The van der Waals surface area contributed by atoms with E-state index in [1.165, 1.54) is 5.56 Å². The fourth-order valence-corrected chi connectivity index (χ4v) is 3.45. The lowest BCUT2D eigenvalue weighted by atomic mass is 10.1. The number of hydrogen-bond acceptors (Lipinski definition) is 4. The number of nitrogens with one attached hydrogen (secondary N) is 1. The van der Waals surface area contributed by atoms with Gasteiger partial charge in [-0.25, -0.2) is 0 Å². The van der Waals surface area contributed by atoms with Crippen LogP contribution in [-0.4, -0.2) is 46.4 Å². The van der Waals surface area contributed by atoms with Crippen LogP contribution in [0.15, 0.2) is 53.5 Å². The van der Waals surface area contributed by atoms with Crippen LogP contribution in [0.2, 0.25) is 0 Å². The minimum absolute atomic E-state index is 0. The Hall–Kier alpha value is -2.16. The van der Waals surface area contributed by atoms with Crippen molar-refractivity contribution in [1.82, 2.24) is 5.32 Å². The number of methoxy groups -OCH3 is 2. The van der Waals surface area contributed by atoms with E-state index in [9.17, 15) is 0 Å². The topological polar surface area (TPSA) is 72.1 Å². The minimum Gasteiger partial charge on any atom is -0.497 e. The Balaban J connectivity index is 0.00000300. The molecule has 7 heteroatoms. The molecule has 1 aliphatic rings. The molecule has 0 amide bonds. The van der Waals surface area contributed by atoms with E-state index in [0.29, 0.717) is 11.9 Å². The molecule has 6 nitrogen and oxygen atoms in total. The second-order valence-corrected chi connectivity index (χ2v) is 7.06. The third-order valence-corrected chi connectivity index (χ3v) is 5.07. The molecule has 0 radical (unpaired) electrons. The predicted molar refractivity (Wildman–Crippen MR) is 130 cm³/mol. The zero-order valence-corrected chi connectivity index (χ0v) is 19.5. The second-order valence-electron chi connectivity index (χ2n) is 7.06. The van der Waals surface area contributed by atoms with Gasteiger partial charge in [0.2, 0.25) is 0 Å². The molecule has 3 N–H and O–H groups in total. The highest BCUT2D eigenvalue weighted by atomic mass is 127. The standard InChI is InChI=1S/C22H30N4O2.HI/c1-27-20-12-19(13-21(14-20)28-2)26-11-9-18(16-26)15-25-22(23)24-10-8-17-6-4-3-5-7-17;/h3-7,12-14,18H,8-11,15-16H2,1-2H3,(H3,23,24,25);1H. The number of aliphatic imine (C=N–C) groups is 1. The fraction of sp³-hybridized carbons (Fsp3) is 0.409. The molecule has 3 rings (SSSR count). The van der Waals surface area contributed by atoms with Gasteiger partial charge in [-0.2, -0.15) is 0 Å². The summed E-state index contributed by atoms with van der Waals surface area (Å²) in [6.07, 6.45) is 2.03. The Kier molecular flexibility index (Phi) is 9.37. The summed E-state index contributed by atoms with van der Waals surface area (Å²) < 4.78 is 10.8. The number of rotatable bonds is 8. The molecule has 1 heterocycles. The van der Waals surface area contributed by atoms with Gasteiger partial charge in [0.15, 0.2) is 5.96 Å². The summed E-state index contributed by atoms with van der Waals surface area (Å²) in [4.78, 5) is 6.89. The first kappa shape index (κ1) is 23.1. The maximum absolute atomic E-state index is 6.03. The van der Waals surface area contributed by atoms with Gasteiger partial charge in [0, 0.05) is 50.1 Å². The van der Waals surface area contributed by atoms with E-state index in [1.807, 2.05) is 24.3 Å². The van der Waals surface area contributed by atoms with Crippen LogP contribution < -0.4 is 25.4 Å². The highest BCUT2D eigenvalue weighted by Gasteiger charge is 2.23. The summed E-state index contributed by atoms with van der Waals surface area (Å²) >= 11 is 0. The molecule has 29 heavy (non-hydrogen) atoms. The first-order chi connectivity index (χ1) is 13.7. The van der Waals surface area contributed by atoms with E-state index in [1.54, 1.807) is 14.2 Å². The van der Waals surface area contributed by atoms with Crippen LogP contribution in [0, 0.1) is 5.92 Å². The molecule has 2 aromatic carbocycles. The number of nitrogens with zero attached hydrogens (tertiary/aromatic N) is 2. The predicted octanol–water partition coefficient (Wildman–Crippen LogP) is 3.30. The van der Waals surface area contributed by atoms with Gasteiger partial charge in [0.25, 0.3) is 0 Å². The Labute approximate surface area is 190 Å². The molecule has 2 aromatic rings. The molecule has 1 unspecified atom stereocenters. The molecule has 1 atom stereocenters. The summed E-state index contributed by atoms with van der Waals surface area (Å²) in [5, 5.41) is 3.21. The highest BCUT2D eigenvalue weighted by Crippen LogP contribution is 2.31. The summed E-state index contributed by atoms with van der Waals surface area (Å²) in [5.41, 5.74) is 8.45. The van der Waals surface area contributed by atoms with Crippen molar-refractivity contribution < 1.29 is 9.47 Å². The number of benzene rings is 2. The highest BCUT2D eigenvalue weighted by molar-refractivity contribution is 14.0.